The summed E-state index contributed by atoms with van der Waals surface area (Å²) in [7, 11) is 0. The number of hydrogen-bond donors (Lipinski definition) is 6. The molecule has 0 aliphatic carbocycles. The summed E-state index contributed by atoms with van der Waals surface area (Å²) in [5.41, 5.74) is 0. The SMILES string of the molecule is CCCCCCCC/C=C/CCCCCCCCCCCCCCCCCCCC(=O)OC1C(OCC(NC(=O)C(O)CCCCCCCCCCCCCC)C(O)/C=C/CCCCCCCCCCC)OC(CO)C(O)C1O. The maximum Gasteiger partial charge on any atom is 0.306 e. The highest BCUT2D eigenvalue weighted by Crippen LogP contribution is 2.26. The molecule has 1 rings (SSSR count). The molecule has 8 atom stereocenters. The lowest BCUT2D eigenvalue weighted by Gasteiger charge is -2.41. The number of aliphatic hydroxyl groups is 5. The summed E-state index contributed by atoms with van der Waals surface area (Å²) in [6.45, 7) is 5.81. The molecule has 0 aromatic carbocycles. The summed E-state index contributed by atoms with van der Waals surface area (Å²) in [5, 5.41) is 57.0. The molecule has 0 saturated carbocycles. The van der Waals surface area contributed by atoms with Gasteiger partial charge in [-0.05, 0) is 51.4 Å². The lowest BCUT2D eigenvalue weighted by Crippen LogP contribution is -2.61. The number of allylic oxidation sites excluding steroid dienone is 3. The number of rotatable bonds is 59. The number of nitrogens with one attached hydrogen (secondary N) is 1. The number of unbranched alkanes of at least 4 members (excludes halogenated alkanes) is 43. The van der Waals surface area contributed by atoms with Crippen LogP contribution in [0, 0.1) is 0 Å². The predicted molar refractivity (Wildman–Crippen MR) is 329 cm³/mol. The van der Waals surface area contributed by atoms with Gasteiger partial charge >= 0.3 is 5.97 Å². The summed E-state index contributed by atoms with van der Waals surface area (Å²) in [6.07, 6.45) is 56.7. The Balaban J connectivity index is 2.50. The Labute approximate surface area is 486 Å². The van der Waals surface area contributed by atoms with Crippen LogP contribution < -0.4 is 5.32 Å². The lowest BCUT2D eigenvalue weighted by molar-refractivity contribution is -0.305. The Morgan fingerprint density at radius 3 is 1.23 bits per heavy atom. The van der Waals surface area contributed by atoms with Gasteiger partial charge in [-0.25, -0.2) is 0 Å². The average Bonchev–Trinajstić information content (AvgIpc) is 3.47. The number of hydrogen-bond acceptors (Lipinski definition) is 10. The second-order valence-electron chi connectivity index (χ2n) is 23.9. The number of aliphatic hydroxyl groups excluding tert-OH is 5. The zero-order chi connectivity index (χ0) is 57.5. The molecule has 1 saturated heterocycles. The van der Waals surface area contributed by atoms with E-state index in [2.05, 4.69) is 38.2 Å². The van der Waals surface area contributed by atoms with Crippen molar-refractivity contribution in [2.45, 2.75) is 384 Å². The van der Waals surface area contributed by atoms with E-state index in [4.69, 9.17) is 14.2 Å². The number of esters is 1. The monoisotopic (exact) mass is 1120 g/mol. The molecule has 11 heteroatoms. The first-order valence-corrected chi connectivity index (χ1v) is 34.1. The van der Waals surface area contributed by atoms with Crippen LogP contribution in [0.5, 0.6) is 0 Å². The van der Waals surface area contributed by atoms with Gasteiger partial charge in [0.2, 0.25) is 5.91 Å². The summed E-state index contributed by atoms with van der Waals surface area (Å²) >= 11 is 0. The molecule has 466 valence electrons. The van der Waals surface area contributed by atoms with Crippen LogP contribution in [-0.4, -0.2) is 99.6 Å². The van der Waals surface area contributed by atoms with E-state index in [1.54, 1.807) is 6.08 Å². The number of carbonyl (C=O) groups excluding carboxylic acids is 2. The molecule has 0 aromatic heterocycles. The fraction of sp³-hybridized carbons (Fsp3) is 0.912. The second kappa shape index (κ2) is 56.6. The Hall–Kier alpha value is -1.86. The van der Waals surface area contributed by atoms with Crippen LogP contribution in [0.15, 0.2) is 24.3 Å². The van der Waals surface area contributed by atoms with E-state index in [0.717, 1.165) is 57.8 Å². The van der Waals surface area contributed by atoms with Gasteiger partial charge in [-0.1, -0.05) is 302 Å². The molecule has 1 fully saturated rings. The van der Waals surface area contributed by atoms with Crippen molar-refractivity contribution in [3.63, 3.8) is 0 Å². The molecule has 1 heterocycles. The number of amides is 1. The second-order valence-corrected chi connectivity index (χ2v) is 23.9. The highest BCUT2D eigenvalue weighted by atomic mass is 16.7. The van der Waals surface area contributed by atoms with Gasteiger partial charge in [-0.15, -0.1) is 0 Å². The molecule has 0 bridgehead atoms. The van der Waals surface area contributed by atoms with Crippen molar-refractivity contribution >= 4 is 11.9 Å². The van der Waals surface area contributed by atoms with Crippen LogP contribution in [0.4, 0.5) is 0 Å². The van der Waals surface area contributed by atoms with Crippen LogP contribution in [0.25, 0.3) is 0 Å². The van der Waals surface area contributed by atoms with Crippen LogP contribution in [-0.2, 0) is 23.8 Å². The molecule has 1 amide bonds. The molecule has 1 aliphatic rings. The van der Waals surface area contributed by atoms with Crippen LogP contribution >= 0.6 is 0 Å². The zero-order valence-electron chi connectivity index (χ0n) is 51.8. The van der Waals surface area contributed by atoms with Crippen molar-refractivity contribution in [2.24, 2.45) is 0 Å². The van der Waals surface area contributed by atoms with Gasteiger partial charge in [0.15, 0.2) is 12.4 Å². The molecule has 79 heavy (non-hydrogen) atoms. The quantitative estimate of drug-likeness (QED) is 0.0195. The largest absolute Gasteiger partial charge is 0.454 e. The van der Waals surface area contributed by atoms with E-state index in [0.29, 0.717) is 19.3 Å². The maximum absolute atomic E-state index is 13.4. The van der Waals surface area contributed by atoms with Crippen molar-refractivity contribution in [3.05, 3.63) is 24.3 Å². The number of carbonyl (C=O) groups is 2. The van der Waals surface area contributed by atoms with E-state index in [1.165, 1.54) is 231 Å². The Morgan fingerprint density at radius 1 is 0.481 bits per heavy atom. The van der Waals surface area contributed by atoms with E-state index in [1.807, 2.05) is 6.08 Å². The standard InChI is InChI=1S/C68H129NO10/c1-4-7-10-13-16-19-22-24-25-26-27-28-29-30-31-32-33-34-35-36-37-38-41-44-47-50-53-56-63(73)79-66-65(75)64(74)62(57-70)78-68(66)77-58-59(60(71)54-51-48-45-42-39-21-18-15-12-9-6-3)69-67(76)61(72)55-52-49-46-43-40-23-20-17-14-11-8-5-2/h24-25,51,54,59-62,64-66,68,70-72,74-75H,4-23,26-50,52-53,55-58H2,1-3H3,(H,69,76)/b25-24+,54-51+. The van der Waals surface area contributed by atoms with Crippen molar-refractivity contribution in [1.82, 2.24) is 5.32 Å². The van der Waals surface area contributed by atoms with Gasteiger partial charge in [-0.3, -0.25) is 9.59 Å². The molecule has 11 nitrogen and oxygen atoms in total. The summed E-state index contributed by atoms with van der Waals surface area (Å²) in [4.78, 5) is 26.6. The molecule has 1 aliphatic heterocycles. The first-order chi connectivity index (χ1) is 38.7. The van der Waals surface area contributed by atoms with Gasteiger partial charge in [0.05, 0.1) is 25.4 Å². The molecule has 0 aromatic rings. The van der Waals surface area contributed by atoms with Gasteiger partial charge in [-0.2, -0.15) is 0 Å². The van der Waals surface area contributed by atoms with E-state index in [9.17, 15) is 35.1 Å². The van der Waals surface area contributed by atoms with Gasteiger partial charge in [0.25, 0.3) is 0 Å². The van der Waals surface area contributed by atoms with Gasteiger partial charge in [0, 0.05) is 6.42 Å². The molecular weight excluding hydrogens is 991 g/mol. The third kappa shape index (κ3) is 44.4. The van der Waals surface area contributed by atoms with Crippen molar-refractivity contribution in [1.29, 1.82) is 0 Å². The highest BCUT2D eigenvalue weighted by Gasteiger charge is 2.47. The van der Waals surface area contributed by atoms with E-state index in [-0.39, 0.29) is 13.0 Å². The minimum atomic E-state index is -1.61. The Morgan fingerprint density at radius 2 is 0.835 bits per heavy atom. The average molecular weight is 1120 g/mol. The van der Waals surface area contributed by atoms with Gasteiger partial charge in [0.1, 0.15) is 24.4 Å². The van der Waals surface area contributed by atoms with Crippen LogP contribution in [0.1, 0.15) is 335 Å². The summed E-state index contributed by atoms with van der Waals surface area (Å²) in [6, 6.07) is -1.02. The van der Waals surface area contributed by atoms with Gasteiger partial charge < -0.3 is 45.1 Å². The smallest absolute Gasteiger partial charge is 0.306 e. The maximum atomic E-state index is 13.4. The van der Waals surface area contributed by atoms with Crippen LogP contribution in [0.3, 0.4) is 0 Å². The van der Waals surface area contributed by atoms with Crippen LogP contribution in [0.2, 0.25) is 0 Å². The Bertz CT molecular complexity index is 1380. The minimum Gasteiger partial charge on any atom is -0.454 e. The first-order valence-electron chi connectivity index (χ1n) is 34.1. The first kappa shape index (κ1) is 75.2. The molecule has 8 unspecified atom stereocenters. The molecule has 0 spiro atoms. The zero-order valence-corrected chi connectivity index (χ0v) is 51.8. The normalized spacial score (nSPS) is 18.9. The molecule has 6 N–H and O–H groups in total. The van der Waals surface area contributed by atoms with Crippen molar-refractivity contribution in [2.75, 3.05) is 13.2 Å². The third-order valence-electron chi connectivity index (χ3n) is 16.4. The van der Waals surface area contributed by atoms with Crippen molar-refractivity contribution in [3.8, 4) is 0 Å². The number of ether oxygens (including phenoxy) is 3. The van der Waals surface area contributed by atoms with E-state index < -0.39 is 67.4 Å². The summed E-state index contributed by atoms with van der Waals surface area (Å²) < 4.78 is 17.7. The minimum absolute atomic E-state index is 0.130. The third-order valence-corrected chi connectivity index (χ3v) is 16.4. The Kier molecular flexibility index (Phi) is 53.9. The fourth-order valence-corrected chi connectivity index (χ4v) is 10.9. The topological polar surface area (TPSA) is 175 Å². The fourth-order valence-electron chi connectivity index (χ4n) is 10.9. The van der Waals surface area contributed by atoms with Crippen molar-refractivity contribution < 1.29 is 49.3 Å². The van der Waals surface area contributed by atoms with E-state index >= 15 is 0 Å². The molecule has 0 radical (unpaired) electrons. The predicted octanol–water partition coefficient (Wildman–Crippen LogP) is 16.8. The highest BCUT2D eigenvalue weighted by molar-refractivity contribution is 5.80. The lowest BCUT2D eigenvalue weighted by atomic mass is 9.99. The summed E-state index contributed by atoms with van der Waals surface area (Å²) in [5.74, 6) is -1.18. The molecular formula is C68H129NO10.